The second-order valence-corrected chi connectivity index (χ2v) is 5.28. The zero-order valence-corrected chi connectivity index (χ0v) is 11.5. The fourth-order valence-corrected chi connectivity index (χ4v) is 2.53. The van der Waals surface area contributed by atoms with Crippen LogP contribution in [0.1, 0.15) is 35.7 Å². The maximum Gasteiger partial charge on any atom is 0.254 e. The van der Waals surface area contributed by atoms with E-state index in [2.05, 4.69) is 0 Å². The molecule has 1 fully saturated rings. The van der Waals surface area contributed by atoms with Crippen molar-refractivity contribution in [3.8, 4) is 5.75 Å². The number of rotatable bonds is 2. The Kier molecular flexibility index (Phi) is 4.10. The molecule has 1 aliphatic rings. The normalized spacial score (nSPS) is 23.4. The van der Waals surface area contributed by atoms with Crippen LogP contribution >= 0.6 is 0 Å². The predicted octanol–water partition coefficient (Wildman–Crippen LogP) is 1.93. The highest BCUT2D eigenvalue weighted by Crippen LogP contribution is 2.23. The summed E-state index contributed by atoms with van der Waals surface area (Å²) in [5, 5.41) is 19.5. The van der Waals surface area contributed by atoms with Crippen molar-refractivity contribution >= 4 is 5.91 Å². The van der Waals surface area contributed by atoms with E-state index < -0.39 is 0 Å². The van der Waals surface area contributed by atoms with E-state index in [9.17, 15) is 15.0 Å². The monoisotopic (exact) mass is 263 g/mol. The molecule has 1 aliphatic heterocycles. The van der Waals surface area contributed by atoms with Crippen LogP contribution in [0.25, 0.3) is 0 Å². The second-order valence-electron chi connectivity index (χ2n) is 5.28. The average Bonchev–Trinajstić information content (AvgIpc) is 2.41. The van der Waals surface area contributed by atoms with Gasteiger partial charge in [0.2, 0.25) is 0 Å². The Morgan fingerprint density at radius 1 is 1.47 bits per heavy atom. The number of hydrogen-bond donors (Lipinski definition) is 2. The predicted molar refractivity (Wildman–Crippen MR) is 73.2 cm³/mol. The number of phenols is 1. The van der Waals surface area contributed by atoms with Gasteiger partial charge in [0.05, 0.1) is 6.10 Å². The zero-order chi connectivity index (χ0) is 14.0. The molecule has 4 nitrogen and oxygen atoms in total. The van der Waals surface area contributed by atoms with Crippen molar-refractivity contribution in [1.29, 1.82) is 0 Å². The van der Waals surface area contributed by atoms with Gasteiger partial charge in [-0.2, -0.15) is 0 Å². The molecule has 104 valence electrons. The molecule has 1 aromatic rings. The number of aliphatic hydroxyl groups excluding tert-OH is 1. The molecule has 2 N–H and O–H groups in total. The molecule has 0 saturated carbocycles. The number of aryl methyl sites for hydroxylation is 1. The summed E-state index contributed by atoms with van der Waals surface area (Å²) in [4.78, 5) is 14.1. The number of likely N-dealkylation sites (tertiary alicyclic amines) is 1. The van der Waals surface area contributed by atoms with Crippen LogP contribution in [0.2, 0.25) is 0 Å². The van der Waals surface area contributed by atoms with Gasteiger partial charge in [0.25, 0.3) is 5.91 Å². The number of aromatic hydroxyl groups is 1. The van der Waals surface area contributed by atoms with E-state index in [1.54, 1.807) is 24.0 Å². The molecule has 1 amide bonds. The van der Waals surface area contributed by atoms with Crippen molar-refractivity contribution in [2.45, 2.75) is 32.8 Å². The fraction of sp³-hybridized carbons (Fsp3) is 0.533. The molecule has 1 heterocycles. The summed E-state index contributed by atoms with van der Waals surface area (Å²) in [7, 11) is 0. The average molecular weight is 263 g/mol. The number of nitrogens with zero attached hydrogens (tertiary/aromatic N) is 1. The van der Waals surface area contributed by atoms with Gasteiger partial charge in [-0.1, -0.05) is 13.0 Å². The summed E-state index contributed by atoms with van der Waals surface area (Å²) >= 11 is 0. The highest BCUT2D eigenvalue weighted by molar-refractivity contribution is 5.94. The molecule has 0 radical (unpaired) electrons. The number of carbonyl (C=O) groups is 1. The first kappa shape index (κ1) is 13.9. The molecule has 19 heavy (non-hydrogen) atoms. The lowest BCUT2D eigenvalue weighted by atomic mass is 9.92. The first-order valence-corrected chi connectivity index (χ1v) is 6.80. The third-order valence-electron chi connectivity index (χ3n) is 3.96. The van der Waals surface area contributed by atoms with Crippen molar-refractivity contribution in [2.24, 2.45) is 5.92 Å². The van der Waals surface area contributed by atoms with Gasteiger partial charge < -0.3 is 15.1 Å². The molecular weight excluding hydrogens is 242 g/mol. The summed E-state index contributed by atoms with van der Waals surface area (Å²) in [6, 6.07) is 5.01. The van der Waals surface area contributed by atoms with Crippen LogP contribution in [0, 0.1) is 12.8 Å². The lowest BCUT2D eigenvalue weighted by molar-refractivity contribution is 0.0229. The van der Waals surface area contributed by atoms with E-state index in [4.69, 9.17) is 0 Å². The van der Waals surface area contributed by atoms with Crippen LogP contribution in [0.5, 0.6) is 5.75 Å². The molecule has 0 bridgehead atoms. The van der Waals surface area contributed by atoms with Crippen LogP contribution in [0.15, 0.2) is 18.2 Å². The van der Waals surface area contributed by atoms with Crippen LogP contribution in [0.3, 0.4) is 0 Å². The highest BCUT2D eigenvalue weighted by atomic mass is 16.3. The first-order chi connectivity index (χ1) is 9.02. The summed E-state index contributed by atoms with van der Waals surface area (Å²) in [5.74, 6) is 0.229. The summed E-state index contributed by atoms with van der Waals surface area (Å²) in [5.41, 5.74) is 1.27. The highest BCUT2D eigenvalue weighted by Gasteiger charge is 2.29. The Morgan fingerprint density at radius 2 is 2.21 bits per heavy atom. The number of phenolic OH excluding ortho intramolecular Hbond substituents is 1. The Bertz CT molecular complexity index is 472. The maximum absolute atomic E-state index is 12.4. The van der Waals surface area contributed by atoms with Crippen molar-refractivity contribution in [1.82, 2.24) is 4.90 Å². The fourth-order valence-electron chi connectivity index (χ4n) is 2.53. The molecule has 4 heteroatoms. The lowest BCUT2D eigenvalue weighted by Crippen LogP contribution is -2.45. The number of amides is 1. The minimum atomic E-state index is -0.305. The van der Waals surface area contributed by atoms with Crippen molar-refractivity contribution in [3.63, 3.8) is 0 Å². The Hall–Kier alpha value is -1.55. The van der Waals surface area contributed by atoms with Gasteiger partial charge in [0.1, 0.15) is 5.75 Å². The maximum atomic E-state index is 12.4. The van der Waals surface area contributed by atoms with E-state index in [0.717, 1.165) is 12.0 Å². The Labute approximate surface area is 113 Å². The topological polar surface area (TPSA) is 60.8 Å². The quantitative estimate of drug-likeness (QED) is 0.857. The number of piperidine rings is 1. The minimum Gasteiger partial charge on any atom is -0.508 e. The van der Waals surface area contributed by atoms with Crippen LogP contribution in [-0.2, 0) is 0 Å². The summed E-state index contributed by atoms with van der Waals surface area (Å²) in [6.07, 6.45) is 1.19. The molecule has 2 rings (SSSR count). The van der Waals surface area contributed by atoms with E-state index in [1.165, 1.54) is 6.07 Å². The van der Waals surface area contributed by atoms with E-state index in [-0.39, 0.29) is 23.7 Å². The van der Waals surface area contributed by atoms with Crippen molar-refractivity contribution < 1.29 is 15.0 Å². The van der Waals surface area contributed by atoms with Crippen molar-refractivity contribution in [2.75, 3.05) is 13.1 Å². The summed E-state index contributed by atoms with van der Waals surface area (Å²) in [6.45, 7) is 4.99. The molecule has 0 aromatic heterocycles. The van der Waals surface area contributed by atoms with Crippen LogP contribution in [-0.4, -0.2) is 40.2 Å². The smallest absolute Gasteiger partial charge is 0.254 e. The Morgan fingerprint density at radius 3 is 2.84 bits per heavy atom. The lowest BCUT2D eigenvalue weighted by Gasteiger charge is -2.35. The van der Waals surface area contributed by atoms with Gasteiger partial charge in [0, 0.05) is 24.6 Å². The van der Waals surface area contributed by atoms with Gasteiger partial charge in [-0.3, -0.25) is 4.79 Å². The second kappa shape index (κ2) is 5.61. The van der Waals surface area contributed by atoms with Crippen molar-refractivity contribution in [3.05, 3.63) is 29.3 Å². The SMILES string of the molecule is CCC1CN(C(=O)c2ccc(C)c(O)c2)CCC1O. The number of carbonyl (C=O) groups excluding carboxylic acids is 1. The molecule has 0 spiro atoms. The largest absolute Gasteiger partial charge is 0.508 e. The first-order valence-electron chi connectivity index (χ1n) is 6.80. The third-order valence-corrected chi connectivity index (χ3v) is 3.96. The number of benzene rings is 1. The molecule has 1 saturated heterocycles. The molecule has 0 aliphatic carbocycles. The van der Waals surface area contributed by atoms with E-state index >= 15 is 0 Å². The number of aliphatic hydroxyl groups is 1. The molecule has 2 atom stereocenters. The Balaban J connectivity index is 2.13. The van der Waals surface area contributed by atoms with Crippen LogP contribution < -0.4 is 0 Å². The minimum absolute atomic E-state index is 0.0688. The standard InChI is InChI=1S/C15H21NO3/c1-3-11-9-16(7-6-13(11)17)15(19)12-5-4-10(2)14(18)8-12/h4-5,8,11,13,17-18H,3,6-7,9H2,1-2H3. The third kappa shape index (κ3) is 2.89. The van der Waals surface area contributed by atoms with E-state index in [0.29, 0.717) is 25.1 Å². The molecule has 2 unspecified atom stereocenters. The van der Waals surface area contributed by atoms with E-state index in [1.807, 2.05) is 6.92 Å². The van der Waals surface area contributed by atoms with Gasteiger partial charge in [-0.15, -0.1) is 0 Å². The van der Waals surface area contributed by atoms with Gasteiger partial charge in [-0.25, -0.2) is 0 Å². The van der Waals surface area contributed by atoms with Gasteiger partial charge in [0.15, 0.2) is 0 Å². The molecular formula is C15H21NO3. The van der Waals surface area contributed by atoms with Gasteiger partial charge in [-0.05, 0) is 37.5 Å². The zero-order valence-electron chi connectivity index (χ0n) is 11.5. The van der Waals surface area contributed by atoms with Gasteiger partial charge >= 0.3 is 0 Å². The summed E-state index contributed by atoms with van der Waals surface area (Å²) < 4.78 is 0. The number of hydrogen-bond acceptors (Lipinski definition) is 3. The van der Waals surface area contributed by atoms with Crippen LogP contribution in [0.4, 0.5) is 0 Å². The molecule has 1 aromatic carbocycles.